The number of nitrogens with zero attached hydrogens (tertiary/aromatic N) is 1. The van der Waals surface area contributed by atoms with Crippen molar-refractivity contribution in [2.45, 2.75) is 18.2 Å². The van der Waals surface area contributed by atoms with Gasteiger partial charge in [-0.05, 0) is 26.0 Å². The fourth-order valence-electron chi connectivity index (χ4n) is 0.729. The SMILES string of the molecule is CC(C)(Br)C(=O)Nc1ccc(Cl)nc1. The van der Waals surface area contributed by atoms with E-state index in [1.165, 1.54) is 6.20 Å². The normalized spacial score (nSPS) is 11.1. The van der Waals surface area contributed by atoms with Crippen molar-refractivity contribution < 1.29 is 4.79 Å². The number of halogens is 2. The van der Waals surface area contributed by atoms with Crippen molar-refractivity contribution in [2.75, 3.05) is 5.32 Å². The number of alkyl halides is 1. The molecule has 14 heavy (non-hydrogen) atoms. The lowest BCUT2D eigenvalue weighted by Crippen LogP contribution is -2.30. The van der Waals surface area contributed by atoms with Gasteiger partial charge in [-0.15, -0.1) is 0 Å². The molecule has 0 bridgehead atoms. The number of hydrogen-bond donors (Lipinski definition) is 1. The third-order valence-corrected chi connectivity index (χ3v) is 2.11. The standard InChI is InChI=1S/C9H10BrClN2O/c1-9(2,10)8(14)13-6-3-4-7(11)12-5-6/h3-5H,1-2H3,(H,13,14). The molecule has 76 valence electrons. The highest BCUT2D eigenvalue weighted by Crippen LogP contribution is 2.18. The number of aromatic nitrogens is 1. The molecule has 0 spiro atoms. The second kappa shape index (κ2) is 4.28. The highest BCUT2D eigenvalue weighted by Gasteiger charge is 2.23. The van der Waals surface area contributed by atoms with Crippen LogP contribution in [0.1, 0.15) is 13.8 Å². The predicted molar refractivity (Wildman–Crippen MR) is 60.9 cm³/mol. The molecule has 1 aromatic rings. The summed E-state index contributed by atoms with van der Waals surface area (Å²) < 4.78 is -0.591. The number of rotatable bonds is 2. The Morgan fingerprint density at radius 1 is 1.57 bits per heavy atom. The van der Waals surface area contributed by atoms with E-state index in [4.69, 9.17) is 11.6 Å². The summed E-state index contributed by atoms with van der Waals surface area (Å²) in [4.78, 5) is 15.3. The minimum Gasteiger partial charge on any atom is -0.324 e. The van der Waals surface area contributed by atoms with Gasteiger partial charge in [0, 0.05) is 0 Å². The molecule has 1 amide bonds. The molecule has 1 aromatic heterocycles. The van der Waals surface area contributed by atoms with Gasteiger partial charge in [-0.1, -0.05) is 27.5 Å². The fourth-order valence-corrected chi connectivity index (χ4v) is 0.940. The van der Waals surface area contributed by atoms with E-state index in [-0.39, 0.29) is 5.91 Å². The monoisotopic (exact) mass is 276 g/mol. The Bertz CT molecular complexity index is 332. The first-order valence-electron chi connectivity index (χ1n) is 4.01. The molecule has 0 aromatic carbocycles. The Balaban J connectivity index is 2.71. The molecule has 0 aliphatic heterocycles. The van der Waals surface area contributed by atoms with Crippen LogP contribution in [0.4, 0.5) is 5.69 Å². The van der Waals surface area contributed by atoms with E-state index >= 15 is 0 Å². The first-order valence-corrected chi connectivity index (χ1v) is 5.18. The molecule has 0 aliphatic carbocycles. The molecule has 0 saturated carbocycles. The minimum atomic E-state index is -0.591. The molecular formula is C9H10BrClN2O. The zero-order valence-electron chi connectivity index (χ0n) is 7.84. The number of carbonyl (C=O) groups is 1. The van der Waals surface area contributed by atoms with Gasteiger partial charge in [-0.2, -0.15) is 0 Å². The van der Waals surface area contributed by atoms with Gasteiger partial charge < -0.3 is 5.32 Å². The van der Waals surface area contributed by atoms with Gasteiger partial charge in [0.1, 0.15) is 5.15 Å². The first-order chi connectivity index (χ1) is 6.39. The molecule has 0 atom stereocenters. The number of nitrogens with one attached hydrogen (secondary N) is 1. The van der Waals surface area contributed by atoms with E-state index in [0.717, 1.165) is 0 Å². The van der Waals surface area contributed by atoms with E-state index in [1.807, 2.05) is 0 Å². The number of carbonyl (C=O) groups excluding carboxylic acids is 1. The molecule has 0 fully saturated rings. The Labute approximate surface area is 96.0 Å². The van der Waals surface area contributed by atoms with Crippen molar-refractivity contribution in [1.29, 1.82) is 0 Å². The molecule has 0 saturated heterocycles. The maximum Gasteiger partial charge on any atom is 0.240 e. The molecular weight excluding hydrogens is 267 g/mol. The third-order valence-electron chi connectivity index (χ3n) is 1.53. The summed E-state index contributed by atoms with van der Waals surface area (Å²) in [5, 5.41) is 3.11. The molecule has 5 heteroatoms. The Kier molecular flexibility index (Phi) is 3.50. The van der Waals surface area contributed by atoms with Gasteiger partial charge >= 0.3 is 0 Å². The van der Waals surface area contributed by atoms with Crippen LogP contribution in [-0.4, -0.2) is 15.2 Å². The molecule has 0 radical (unpaired) electrons. The van der Waals surface area contributed by atoms with Crippen LogP contribution in [-0.2, 0) is 4.79 Å². The van der Waals surface area contributed by atoms with E-state index in [0.29, 0.717) is 10.8 Å². The van der Waals surface area contributed by atoms with Crippen molar-refractivity contribution in [3.05, 3.63) is 23.5 Å². The number of anilines is 1. The summed E-state index contributed by atoms with van der Waals surface area (Å²) in [6, 6.07) is 3.32. The van der Waals surface area contributed by atoms with Crippen LogP contribution < -0.4 is 5.32 Å². The van der Waals surface area contributed by atoms with Crippen LogP contribution in [0, 0.1) is 0 Å². The van der Waals surface area contributed by atoms with Crippen molar-refractivity contribution in [2.24, 2.45) is 0 Å². The van der Waals surface area contributed by atoms with E-state index in [1.54, 1.807) is 26.0 Å². The second-order valence-electron chi connectivity index (χ2n) is 3.30. The zero-order valence-corrected chi connectivity index (χ0v) is 10.2. The van der Waals surface area contributed by atoms with Gasteiger partial charge in [0.2, 0.25) is 5.91 Å². The van der Waals surface area contributed by atoms with Gasteiger partial charge in [0.25, 0.3) is 0 Å². The lowest BCUT2D eigenvalue weighted by molar-refractivity contribution is -0.117. The minimum absolute atomic E-state index is 0.123. The Morgan fingerprint density at radius 3 is 2.64 bits per heavy atom. The molecule has 1 rings (SSSR count). The van der Waals surface area contributed by atoms with Crippen LogP contribution in [0.15, 0.2) is 18.3 Å². The number of pyridine rings is 1. The van der Waals surface area contributed by atoms with Crippen molar-refractivity contribution in [3.63, 3.8) is 0 Å². The highest BCUT2D eigenvalue weighted by atomic mass is 79.9. The second-order valence-corrected chi connectivity index (χ2v) is 5.67. The first kappa shape index (κ1) is 11.5. The molecule has 0 unspecified atom stereocenters. The molecule has 1 N–H and O–H groups in total. The Morgan fingerprint density at radius 2 is 2.21 bits per heavy atom. The topological polar surface area (TPSA) is 42.0 Å². The summed E-state index contributed by atoms with van der Waals surface area (Å²) in [5.41, 5.74) is 0.631. The van der Waals surface area contributed by atoms with Crippen LogP contribution in [0.25, 0.3) is 0 Å². The van der Waals surface area contributed by atoms with E-state index in [2.05, 4.69) is 26.2 Å². The number of amides is 1. The average molecular weight is 278 g/mol. The summed E-state index contributed by atoms with van der Waals surface area (Å²) in [7, 11) is 0. The van der Waals surface area contributed by atoms with Crippen molar-refractivity contribution in [1.82, 2.24) is 4.98 Å². The third kappa shape index (κ3) is 3.27. The predicted octanol–water partition coefficient (Wildman–Crippen LogP) is 2.85. The molecule has 3 nitrogen and oxygen atoms in total. The maximum absolute atomic E-state index is 11.5. The average Bonchev–Trinajstić information content (AvgIpc) is 2.07. The van der Waals surface area contributed by atoms with Crippen LogP contribution in [0.5, 0.6) is 0 Å². The lowest BCUT2D eigenvalue weighted by Gasteiger charge is -2.15. The van der Waals surface area contributed by atoms with Gasteiger partial charge in [-0.3, -0.25) is 4.79 Å². The molecule has 1 heterocycles. The highest BCUT2D eigenvalue weighted by molar-refractivity contribution is 9.10. The maximum atomic E-state index is 11.5. The zero-order chi connectivity index (χ0) is 10.8. The van der Waals surface area contributed by atoms with Crippen LogP contribution >= 0.6 is 27.5 Å². The van der Waals surface area contributed by atoms with Crippen LogP contribution in [0.2, 0.25) is 5.15 Å². The van der Waals surface area contributed by atoms with E-state index < -0.39 is 4.32 Å². The molecule has 0 aliphatic rings. The summed E-state index contributed by atoms with van der Waals surface area (Å²) in [5.74, 6) is -0.123. The summed E-state index contributed by atoms with van der Waals surface area (Å²) >= 11 is 8.86. The number of hydrogen-bond acceptors (Lipinski definition) is 2. The fraction of sp³-hybridized carbons (Fsp3) is 0.333. The summed E-state index contributed by atoms with van der Waals surface area (Å²) in [6.45, 7) is 3.54. The smallest absolute Gasteiger partial charge is 0.240 e. The van der Waals surface area contributed by atoms with Crippen molar-refractivity contribution >= 4 is 39.1 Å². The lowest BCUT2D eigenvalue weighted by atomic mass is 10.2. The van der Waals surface area contributed by atoms with Gasteiger partial charge in [-0.25, -0.2) is 4.98 Å². The van der Waals surface area contributed by atoms with Gasteiger partial charge in [0.05, 0.1) is 16.2 Å². The quantitative estimate of drug-likeness (QED) is 0.667. The van der Waals surface area contributed by atoms with Crippen molar-refractivity contribution in [3.8, 4) is 0 Å². The van der Waals surface area contributed by atoms with Crippen LogP contribution in [0.3, 0.4) is 0 Å². The van der Waals surface area contributed by atoms with E-state index in [9.17, 15) is 4.79 Å². The summed E-state index contributed by atoms with van der Waals surface area (Å²) in [6.07, 6.45) is 1.51. The largest absolute Gasteiger partial charge is 0.324 e. The van der Waals surface area contributed by atoms with Gasteiger partial charge in [0.15, 0.2) is 0 Å². The Hall–Kier alpha value is -0.610.